The molecule has 0 radical (unpaired) electrons. The Morgan fingerprint density at radius 1 is 0.591 bits per heavy atom. The van der Waals surface area contributed by atoms with Crippen molar-refractivity contribution in [1.29, 1.82) is 0 Å². The first-order valence-corrected chi connectivity index (χ1v) is 21.8. The number of pyridine rings is 1. The number of benzene rings is 8. The number of aromatic nitrogens is 3. The number of nitrogens with zero attached hydrogens (tertiary/aromatic N) is 3. The molecule has 5 heteroatoms. The molecule has 0 fully saturated rings. The summed E-state index contributed by atoms with van der Waals surface area (Å²) in [4.78, 5) is 10.5. The largest absolute Gasteiger partial charge is 2.00 e. The molecule has 10 rings (SSSR count). The Kier molecular flexibility index (Phi) is 11.2. The average molecular weight is 1040 g/mol. The predicted octanol–water partition coefficient (Wildman–Crippen LogP) is 16.1. The van der Waals surface area contributed by atoms with E-state index >= 15 is 0 Å². The Morgan fingerprint density at radius 3 is 1.91 bits per heavy atom. The van der Waals surface area contributed by atoms with Crippen LogP contribution in [0.15, 0.2) is 188 Å². The van der Waals surface area contributed by atoms with Crippen LogP contribution in [-0.2, 0) is 21.1 Å². The molecule has 0 saturated carbocycles. The molecule has 2 aromatic heterocycles. The van der Waals surface area contributed by atoms with Gasteiger partial charge in [-0.1, -0.05) is 170 Å². The van der Waals surface area contributed by atoms with Crippen LogP contribution in [0.1, 0.15) is 47.5 Å². The quantitative estimate of drug-likeness (QED) is 0.128. The van der Waals surface area contributed by atoms with Crippen molar-refractivity contribution in [3.63, 3.8) is 0 Å². The van der Waals surface area contributed by atoms with E-state index in [9.17, 15) is 0 Å². The molecular formula is C61H49N3OPt. The Balaban J connectivity index is 0.00000608. The van der Waals surface area contributed by atoms with Gasteiger partial charge in [0.15, 0.2) is 0 Å². The summed E-state index contributed by atoms with van der Waals surface area (Å²) in [5, 5.41) is 0. The summed E-state index contributed by atoms with van der Waals surface area (Å²) in [5.74, 6) is 0.493. The number of rotatable bonds is 10. The molecular weight excluding hydrogens is 986 g/mol. The first kappa shape index (κ1) is 39.3. The van der Waals surface area contributed by atoms with Gasteiger partial charge in [-0.3, -0.25) is 9.55 Å². The first-order valence-electron chi connectivity index (χ1n) is 23.8. The maximum atomic E-state index is 8.82. The van der Waals surface area contributed by atoms with Gasteiger partial charge in [0.2, 0.25) is 0 Å². The topological polar surface area (TPSA) is 39.9 Å². The van der Waals surface area contributed by atoms with Crippen LogP contribution in [0.4, 0.5) is 0 Å². The van der Waals surface area contributed by atoms with Crippen molar-refractivity contribution in [2.24, 2.45) is 0 Å². The fraction of sp³-hybridized carbons (Fsp3) is 0.0984. The van der Waals surface area contributed by atoms with Gasteiger partial charge < -0.3 is 4.74 Å². The van der Waals surface area contributed by atoms with E-state index in [1.54, 1.807) is 0 Å². The van der Waals surface area contributed by atoms with E-state index in [2.05, 4.69) is 91.4 Å². The van der Waals surface area contributed by atoms with Crippen molar-refractivity contribution < 1.29 is 31.3 Å². The molecule has 0 amide bonds. The average Bonchev–Trinajstić information content (AvgIpc) is 3.76. The van der Waals surface area contributed by atoms with E-state index in [1.165, 1.54) is 0 Å². The smallest absolute Gasteiger partial charge is 0.665 e. The zero-order chi connectivity index (χ0) is 48.0. The van der Waals surface area contributed by atoms with E-state index in [1.807, 2.05) is 142 Å². The molecule has 0 aliphatic carbocycles. The molecule has 0 bridgehead atoms. The fourth-order valence-corrected chi connectivity index (χ4v) is 8.94. The zero-order valence-corrected chi connectivity index (χ0v) is 39.4. The van der Waals surface area contributed by atoms with Crippen molar-refractivity contribution in [1.82, 2.24) is 14.5 Å². The molecule has 2 heterocycles. The summed E-state index contributed by atoms with van der Waals surface area (Å²) in [6.45, 7) is 5.43. The third-order valence-corrected chi connectivity index (χ3v) is 12.1. The molecule has 10 aromatic rings. The molecule has 0 saturated heterocycles. The minimum atomic E-state index is -2.42. The summed E-state index contributed by atoms with van der Waals surface area (Å²) >= 11 is 0. The van der Waals surface area contributed by atoms with Crippen molar-refractivity contribution in [2.75, 3.05) is 0 Å². The molecule has 324 valence electrons. The second-order valence-electron chi connectivity index (χ2n) is 16.8. The van der Waals surface area contributed by atoms with Gasteiger partial charge in [0.1, 0.15) is 5.82 Å². The number of hydrogen-bond donors (Lipinski definition) is 0. The zero-order valence-electron chi connectivity index (χ0n) is 41.2. The Morgan fingerprint density at radius 2 is 1.24 bits per heavy atom. The SMILES string of the molecule is [2H]C([2H])([2H])c1cc(-c2ccccc2)c(-n2c(-c3cc(C)cc(C)c3O[CH2-])nc3c(-c4[c-]c(-c5cc(-c6ccc(C([2H])(C)C)cc6)ccn5)cc(-c5ccccc5)c4)cccc32)cc1-c1ccccc1.[Pt+2]. The number of aryl methyl sites for hydroxylation is 3. The van der Waals surface area contributed by atoms with Crippen LogP contribution >= 0.6 is 0 Å². The number of fused-ring (bicyclic) bond motifs is 1. The van der Waals surface area contributed by atoms with Gasteiger partial charge in [0.05, 0.1) is 28.0 Å². The summed E-state index contributed by atoms with van der Waals surface area (Å²) in [6, 6.07) is 64.5. The molecule has 66 heavy (non-hydrogen) atoms. The van der Waals surface area contributed by atoms with E-state index in [0.29, 0.717) is 22.7 Å². The maximum absolute atomic E-state index is 8.82. The monoisotopic (exact) mass is 1040 g/mol. The van der Waals surface area contributed by atoms with Gasteiger partial charge in [-0.25, -0.2) is 4.98 Å². The Bertz CT molecular complexity index is 3510. The van der Waals surface area contributed by atoms with Crippen LogP contribution in [-0.4, -0.2) is 14.5 Å². The summed E-state index contributed by atoms with van der Waals surface area (Å²) in [5.41, 5.74) is 16.4. The first-order chi connectivity index (χ1) is 33.2. The molecule has 0 spiro atoms. The van der Waals surface area contributed by atoms with Gasteiger partial charge in [0.25, 0.3) is 0 Å². The summed E-state index contributed by atoms with van der Waals surface area (Å²) in [7, 11) is 3.91. The Labute approximate surface area is 408 Å². The molecule has 0 unspecified atom stereocenters. The minimum absolute atomic E-state index is 0. The van der Waals surface area contributed by atoms with Gasteiger partial charge in [-0.05, 0) is 113 Å². The number of para-hydroxylation sites is 1. The van der Waals surface area contributed by atoms with Crippen molar-refractivity contribution in [3.8, 4) is 89.7 Å². The van der Waals surface area contributed by atoms with E-state index in [-0.39, 0.29) is 26.6 Å². The van der Waals surface area contributed by atoms with Gasteiger partial charge >= 0.3 is 21.1 Å². The van der Waals surface area contributed by atoms with Crippen molar-refractivity contribution in [2.45, 2.75) is 40.4 Å². The molecule has 4 nitrogen and oxygen atoms in total. The van der Waals surface area contributed by atoms with Crippen molar-refractivity contribution in [3.05, 3.63) is 224 Å². The molecule has 0 N–H and O–H groups in total. The number of imidazole rings is 1. The normalized spacial score (nSPS) is 12.4. The molecule has 0 aliphatic rings. The molecule has 0 aliphatic heterocycles. The van der Waals surface area contributed by atoms with Crippen LogP contribution in [0.25, 0.3) is 95.0 Å². The summed E-state index contributed by atoms with van der Waals surface area (Å²) < 4.78 is 43.1. The third kappa shape index (κ3) is 8.46. The van der Waals surface area contributed by atoms with Crippen molar-refractivity contribution >= 4 is 11.0 Å². The predicted molar refractivity (Wildman–Crippen MR) is 270 cm³/mol. The molecule has 8 aromatic carbocycles. The fourth-order valence-electron chi connectivity index (χ4n) is 8.94. The standard InChI is InChI=1S/C61H49N3O.Pt/c1-39(2)43-25-27-45(28-26-43)48-29-30-62-56(37-48)51-35-49(44-17-10-7-11-18-44)34-50(36-51)52-23-16-24-57-59(52)63-61(55-32-40(3)31-42(5)60(55)65-6)64(57)58-38-53(46-19-12-8-13-20-46)41(4)33-54(58)47-21-14-9-15-22-47;/h7-35,37-39H,6H2,1-5H3;/q-2;+2/i4D3,39D;. The van der Waals surface area contributed by atoms with E-state index < -0.39 is 12.7 Å². The number of ether oxygens (including phenoxy) is 1. The van der Waals surface area contributed by atoms with E-state index in [0.717, 1.165) is 94.8 Å². The van der Waals surface area contributed by atoms with Crippen LogP contribution in [0.3, 0.4) is 0 Å². The van der Waals surface area contributed by atoms with Gasteiger partial charge in [-0.15, -0.1) is 23.8 Å². The van der Waals surface area contributed by atoms with Gasteiger partial charge in [0, 0.05) is 22.9 Å². The van der Waals surface area contributed by atoms with Crippen LogP contribution in [0.5, 0.6) is 5.75 Å². The Hall–Kier alpha value is -7.13. The van der Waals surface area contributed by atoms with E-state index in [4.69, 9.17) is 20.2 Å². The van der Waals surface area contributed by atoms with Crippen LogP contribution in [0, 0.1) is 33.9 Å². The second kappa shape index (κ2) is 18.8. The number of hydrogen-bond acceptors (Lipinski definition) is 3. The van der Waals surface area contributed by atoms with Crippen LogP contribution in [0.2, 0.25) is 0 Å². The minimum Gasteiger partial charge on any atom is -0.665 e. The summed E-state index contributed by atoms with van der Waals surface area (Å²) in [6.07, 6.45) is 1.84. The third-order valence-electron chi connectivity index (χ3n) is 12.1. The van der Waals surface area contributed by atoms with Crippen LogP contribution < -0.4 is 4.74 Å². The maximum Gasteiger partial charge on any atom is 2.00 e. The second-order valence-corrected chi connectivity index (χ2v) is 16.8. The van der Waals surface area contributed by atoms with Gasteiger partial charge in [-0.2, -0.15) is 7.11 Å². The molecule has 0 atom stereocenters.